The number of halogens is 2. The van der Waals surface area contributed by atoms with Gasteiger partial charge in [-0.25, -0.2) is 8.78 Å². The molecule has 3 heteroatoms. The summed E-state index contributed by atoms with van der Waals surface area (Å²) in [5, 5.41) is 0. The van der Waals surface area contributed by atoms with Gasteiger partial charge >= 0.3 is 0 Å². The van der Waals surface area contributed by atoms with Crippen molar-refractivity contribution in [3.63, 3.8) is 0 Å². The van der Waals surface area contributed by atoms with Crippen LogP contribution in [0.1, 0.15) is 70.8 Å². The lowest BCUT2D eigenvalue weighted by atomic mass is 9.96. The highest BCUT2D eigenvalue weighted by atomic mass is 19.2. The van der Waals surface area contributed by atoms with Gasteiger partial charge in [0.2, 0.25) is 0 Å². The Kier molecular flexibility index (Phi) is 10.7. The predicted octanol–water partition coefficient (Wildman–Crippen LogP) is 11.0. The van der Waals surface area contributed by atoms with E-state index in [9.17, 15) is 0 Å². The lowest BCUT2D eigenvalue weighted by Gasteiger charge is -2.11. The fourth-order valence-electron chi connectivity index (χ4n) is 4.91. The van der Waals surface area contributed by atoms with Crippen molar-refractivity contribution in [1.29, 1.82) is 0 Å². The van der Waals surface area contributed by atoms with Gasteiger partial charge in [-0.2, -0.15) is 0 Å². The molecule has 0 radical (unpaired) electrons. The molecule has 0 saturated carbocycles. The van der Waals surface area contributed by atoms with Crippen LogP contribution in [0.2, 0.25) is 0 Å². The first-order chi connectivity index (χ1) is 19.1. The van der Waals surface area contributed by atoms with E-state index in [0.717, 1.165) is 42.7 Å². The fraction of sp³-hybridized carbons (Fsp3) is 0.333. The molecule has 4 aromatic rings. The number of rotatable bonds is 14. The average Bonchev–Trinajstić information content (AvgIpc) is 2.97. The zero-order chi connectivity index (χ0) is 27.5. The second kappa shape index (κ2) is 14.6. The highest BCUT2D eigenvalue weighted by Crippen LogP contribution is 2.33. The zero-order valence-corrected chi connectivity index (χ0v) is 23.3. The summed E-state index contributed by atoms with van der Waals surface area (Å²) < 4.78 is 36.2. The minimum Gasteiger partial charge on any atom is -0.494 e. The van der Waals surface area contributed by atoms with Crippen LogP contribution in [-0.4, -0.2) is 6.61 Å². The Hall–Kier alpha value is -3.46. The summed E-state index contributed by atoms with van der Waals surface area (Å²) in [5.74, 6) is -0.755. The summed E-state index contributed by atoms with van der Waals surface area (Å²) in [6, 6.07) is 26.8. The van der Waals surface area contributed by atoms with E-state index in [4.69, 9.17) is 4.74 Å². The second-order valence-corrected chi connectivity index (χ2v) is 10.3. The normalized spacial score (nSPS) is 11.1. The molecule has 204 valence electrons. The fourth-order valence-corrected chi connectivity index (χ4v) is 4.91. The first-order valence-electron chi connectivity index (χ1n) is 14.5. The number of hydrogen-bond donors (Lipinski definition) is 0. The van der Waals surface area contributed by atoms with E-state index in [1.807, 2.05) is 72.8 Å². The van der Waals surface area contributed by atoms with Gasteiger partial charge in [-0.1, -0.05) is 125 Å². The summed E-state index contributed by atoms with van der Waals surface area (Å²) in [7, 11) is 0. The van der Waals surface area contributed by atoms with Crippen LogP contribution >= 0.6 is 0 Å². The SMILES string of the molecule is CCCCCCCOc1ccc(-c2ccc(-c3ccc(-c4ccc(CCCCC)cc4)c(F)c3F)cc2)cc1. The van der Waals surface area contributed by atoms with Gasteiger partial charge in [-0.3, -0.25) is 0 Å². The number of hydrogen-bond acceptors (Lipinski definition) is 1. The van der Waals surface area contributed by atoms with Crippen molar-refractivity contribution in [3.05, 3.63) is 102 Å². The molecule has 39 heavy (non-hydrogen) atoms. The molecule has 4 aromatic carbocycles. The van der Waals surface area contributed by atoms with Crippen molar-refractivity contribution in [3.8, 4) is 39.1 Å². The molecule has 0 atom stereocenters. The van der Waals surface area contributed by atoms with Gasteiger partial charge in [0.1, 0.15) is 5.75 Å². The molecule has 0 N–H and O–H groups in total. The highest BCUT2D eigenvalue weighted by molar-refractivity contribution is 5.74. The summed E-state index contributed by atoms with van der Waals surface area (Å²) in [4.78, 5) is 0. The van der Waals surface area contributed by atoms with Crippen LogP contribution < -0.4 is 4.74 Å². The Bertz CT molecular complexity index is 1290. The van der Waals surface area contributed by atoms with Crippen LogP contribution in [0.4, 0.5) is 8.78 Å². The third kappa shape index (κ3) is 7.79. The second-order valence-electron chi connectivity index (χ2n) is 10.3. The monoisotopic (exact) mass is 526 g/mol. The smallest absolute Gasteiger partial charge is 0.167 e. The Morgan fingerprint density at radius 1 is 0.487 bits per heavy atom. The summed E-state index contributed by atoms with van der Waals surface area (Å²) >= 11 is 0. The van der Waals surface area contributed by atoms with E-state index < -0.39 is 11.6 Å². The number of ether oxygens (including phenoxy) is 1. The standard InChI is InChI=1S/C36H40F2O/c1-3-5-7-8-10-26-39-32-22-20-29(21-23-32)28-16-18-31(19-17-28)34-25-24-33(35(37)36(34)38)30-14-12-27(13-15-30)11-9-6-4-2/h12-25H,3-11,26H2,1-2H3. The third-order valence-electron chi connectivity index (χ3n) is 7.32. The van der Waals surface area contributed by atoms with Crippen LogP contribution in [0, 0.1) is 11.6 Å². The molecular weight excluding hydrogens is 486 g/mol. The largest absolute Gasteiger partial charge is 0.494 e. The van der Waals surface area contributed by atoms with E-state index in [1.165, 1.54) is 44.1 Å². The molecule has 0 spiro atoms. The van der Waals surface area contributed by atoms with Crippen molar-refractivity contribution < 1.29 is 13.5 Å². The summed E-state index contributed by atoms with van der Waals surface area (Å²) in [6.45, 7) is 5.14. The van der Waals surface area contributed by atoms with Crippen LogP contribution in [0.3, 0.4) is 0 Å². The summed E-state index contributed by atoms with van der Waals surface area (Å²) in [6.07, 6.45) is 10.6. The maximum atomic E-state index is 15.2. The Morgan fingerprint density at radius 2 is 0.949 bits per heavy atom. The quantitative estimate of drug-likeness (QED) is 0.148. The molecule has 0 bridgehead atoms. The third-order valence-corrected chi connectivity index (χ3v) is 7.32. The zero-order valence-electron chi connectivity index (χ0n) is 23.3. The van der Waals surface area contributed by atoms with E-state index in [1.54, 1.807) is 12.1 Å². The Morgan fingerprint density at radius 3 is 1.51 bits per heavy atom. The van der Waals surface area contributed by atoms with Crippen molar-refractivity contribution >= 4 is 0 Å². The minimum absolute atomic E-state index is 0.265. The minimum atomic E-state index is -0.816. The molecule has 0 heterocycles. The van der Waals surface area contributed by atoms with Crippen molar-refractivity contribution in [1.82, 2.24) is 0 Å². The van der Waals surface area contributed by atoms with Crippen molar-refractivity contribution in [2.45, 2.75) is 71.6 Å². The topological polar surface area (TPSA) is 9.23 Å². The lowest BCUT2D eigenvalue weighted by Crippen LogP contribution is -1.97. The van der Waals surface area contributed by atoms with E-state index in [0.29, 0.717) is 11.1 Å². The van der Waals surface area contributed by atoms with E-state index >= 15 is 8.78 Å². The molecular formula is C36H40F2O. The van der Waals surface area contributed by atoms with Gasteiger partial charge in [-0.15, -0.1) is 0 Å². The first-order valence-corrected chi connectivity index (χ1v) is 14.5. The Balaban J connectivity index is 1.40. The maximum absolute atomic E-state index is 15.2. The van der Waals surface area contributed by atoms with Crippen molar-refractivity contribution in [2.24, 2.45) is 0 Å². The van der Waals surface area contributed by atoms with Crippen LogP contribution in [0.15, 0.2) is 84.9 Å². The molecule has 1 nitrogen and oxygen atoms in total. The van der Waals surface area contributed by atoms with Crippen LogP contribution in [0.25, 0.3) is 33.4 Å². The maximum Gasteiger partial charge on any atom is 0.167 e. The molecule has 0 aromatic heterocycles. The van der Waals surface area contributed by atoms with Crippen LogP contribution in [-0.2, 0) is 6.42 Å². The highest BCUT2D eigenvalue weighted by Gasteiger charge is 2.16. The van der Waals surface area contributed by atoms with Gasteiger partial charge in [0.05, 0.1) is 6.61 Å². The van der Waals surface area contributed by atoms with Crippen LogP contribution in [0.5, 0.6) is 5.75 Å². The van der Waals surface area contributed by atoms with Gasteiger partial charge in [0.15, 0.2) is 11.6 Å². The molecule has 0 fully saturated rings. The van der Waals surface area contributed by atoms with Gasteiger partial charge in [-0.05, 0) is 59.2 Å². The predicted molar refractivity (Wildman–Crippen MR) is 160 cm³/mol. The number of aryl methyl sites for hydroxylation is 1. The Labute approximate surface area is 232 Å². The molecule has 0 aliphatic carbocycles. The molecule has 0 aliphatic heterocycles. The van der Waals surface area contributed by atoms with E-state index in [2.05, 4.69) is 13.8 Å². The average molecular weight is 527 g/mol. The van der Waals surface area contributed by atoms with Gasteiger partial charge < -0.3 is 4.74 Å². The van der Waals surface area contributed by atoms with Gasteiger partial charge in [0.25, 0.3) is 0 Å². The molecule has 4 rings (SSSR count). The number of benzene rings is 4. The van der Waals surface area contributed by atoms with Gasteiger partial charge in [0, 0.05) is 11.1 Å². The van der Waals surface area contributed by atoms with Crippen molar-refractivity contribution in [2.75, 3.05) is 6.61 Å². The summed E-state index contributed by atoms with van der Waals surface area (Å²) in [5.41, 5.74) is 5.19. The molecule has 0 aliphatic rings. The number of unbranched alkanes of at least 4 members (excludes halogenated alkanes) is 6. The molecule has 0 unspecified atom stereocenters. The molecule has 0 saturated heterocycles. The lowest BCUT2D eigenvalue weighted by molar-refractivity contribution is 0.304. The van der Waals surface area contributed by atoms with E-state index in [-0.39, 0.29) is 11.1 Å². The first kappa shape index (κ1) is 28.5. The molecule has 0 amide bonds.